The zero-order valence-corrected chi connectivity index (χ0v) is 15.4. The van der Waals surface area contributed by atoms with Crippen LogP contribution in [0, 0.1) is 0 Å². The van der Waals surface area contributed by atoms with E-state index in [1.807, 2.05) is 38.1 Å². The van der Waals surface area contributed by atoms with Crippen LogP contribution in [0.1, 0.15) is 19.7 Å². The van der Waals surface area contributed by atoms with Crippen molar-refractivity contribution >= 4 is 5.96 Å². The highest BCUT2D eigenvalue weighted by atomic mass is 16.5. The number of methoxy groups -OCH3 is 2. The van der Waals surface area contributed by atoms with Gasteiger partial charge in [0.25, 0.3) is 0 Å². The summed E-state index contributed by atoms with van der Waals surface area (Å²) in [7, 11) is 5.05. The topological polar surface area (TPSA) is 96.5 Å². The minimum absolute atomic E-state index is 0.272. The summed E-state index contributed by atoms with van der Waals surface area (Å²) in [6, 6.07) is 7.61. The predicted octanol–water partition coefficient (Wildman–Crippen LogP) is 1.57. The zero-order chi connectivity index (χ0) is 18.3. The smallest absolute Gasteiger partial charge is 0.191 e. The molecule has 2 rings (SSSR count). The van der Waals surface area contributed by atoms with Crippen LogP contribution in [-0.4, -0.2) is 54.6 Å². The van der Waals surface area contributed by atoms with Crippen LogP contribution in [0.25, 0.3) is 11.4 Å². The molecule has 0 fully saturated rings. The molecule has 0 spiro atoms. The molecule has 136 valence electrons. The van der Waals surface area contributed by atoms with E-state index in [1.54, 1.807) is 21.3 Å². The number of hydrogen-bond donors (Lipinski definition) is 3. The highest BCUT2D eigenvalue weighted by Gasteiger charge is 2.16. The molecule has 0 aliphatic rings. The van der Waals surface area contributed by atoms with Crippen LogP contribution in [0.15, 0.2) is 29.3 Å². The third-order valence-corrected chi connectivity index (χ3v) is 3.76. The van der Waals surface area contributed by atoms with Crippen molar-refractivity contribution in [3.05, 3.63) is 30.1 Å². The first-order valence-electron chi connectivity index (χ1n) is 8.03. The SMILES string of the molecule is CN=C(NCc1nc(-c2ccc(OC)cc2)n[nH]1)NCC(C)(C)OC. The first-order valence-corrected chi connectivity index (χ1v) is 8.03. The Morgan fingerprint density at radius 3 is 2.52 bits per heavy atom. The summed E-state index contributed by atoms with van der Waals surface area (Å²) >= 11 is 0. The lowest BCUT2D eigenvalue weighted by Gasteiger charge is -2.24. The van der Waals surface area contributed by atoms with Gasteiger partial charge in [0, 0.05) is 26.3 Å². The van der Waals surface area contributed by atoms with Gasteiger partial charge in [0.2, 0.25) is 0 Å². The summed E-state index contributed by atoms with van der Waals surface area (Å²) in [4.78, 5) is 8.68. The molecule has 2 aromatic rings. The summed E-state index contributed by atoms with van der Waals surface area (Å²) in [6.45, 7) is 5.13. The Balaban J connectivity index is 1.91. The van der Waals surface area contributed by atoms with E-state index in [2.05, 4.69) is 30.8 Å². The number of rotatable bonds is 7. The van der Waals surface area contributed by atoms with E-state index >= 15 is 0 Å². The fraction of sp³-hybridized carbons (Fsp3) is 0.471. The van der Waals surface area contributed by atoms with Crippen LogP contribution in [0.5, 0.6) is 5.75 Å². The van der Waals surface area contributed by atoms with Gasteiger partial charge >= 0.3 is 0 Å². The van der Waals surface area contributed by atoms with Gasteiger partial charge in [0.1, 0.15) is 11.6 Å². The van der Waals surface area contributed by atoms with Crippen molar-refractivity contribution in [3.63, 3.8) is 0 Å². The molecule has 0 unspecified atom stereocenters. The molecule has 0 saturated heterocycles. The van der Waals surface area contributed by atoms with E-state index in [4.69, 9.17) is 9.47 Å². The molecule has 0 aliphatic carbocycles. The van der Waals surface area contributed by atoms with Crippen molar-refractivity contribution < 1.29 is 9.47 Å². The molecule has 0 atom stereocenters. The number of ether oxygens (including phenoxy) is 2. The second-order valence-corrected chi connectivity index (χ2v) is 6.08. The second kappa shape index (κ2) is 8.48. The van der Waals surface area contributed by atoms with Gasteiger partial charge in [-0.15, -0.1) is 0 Å². The quantitative estimate of drug-likeness (QED) is 0.520. The fourth-order valence-corrected chi connectivity index (χ4v) is 2.00. The Hall–Kier alpha value is -2.61. The van der Waals surface area contributed by atoms with Crippen molar-refractivity contribution in [2.24, 2.45) is 4.99 Å². The minimum atomic E-state index is -0.272. The van der Waals surface area contributed by atoms with Gasteiger partial charge in [0.15, 0.2) is 11.8 Å². The van der Waals surface area contributed by atoms with E-state index in [1.165, 1.54) is 0 Å². The summed E-state index contributed by atoms with van der Waals surface area (Å²) < 4.78 is 10.5. The average Bonchev–Trinajstić information content (AvgIpc) is 3.11. The Morgan fingerprint density at radius 1 is 1.20 bits per heavy atom. The second-order valence-electron chi connectivity index (χ2n) is 6.08. The molecule has 0 amide bonds. The molecule has 0 aliphatic heterocycles. The number of aromatic nitrogens is 3. The molecule has 0 saturated carbocycles. The molecule has 0 bridgehead atoms. The van der Waals surface area contributed by atoms with E-state index in [0.717, 1.165) is 17.1 Å². The van der Waals surface area contributed by atoms with Gasteiger partial charge in [0.05, 0.1) is 19.3 Å². The lowest BCUT2D eigenvalue weighted by molar-refractivity contribution is 0.0268. The van der Waals surface area contributed by atoms with E-state index in [9.17, 15) is 0 Å². The number of guanidine groups is 1. The van der Waals surface area contributed by atoms with Gasteiger partial charge < -0.3 is 20.1 Å². The Kier molecular flexibility index (Phi) is 6.35. The molecule has 25 heavy (non-hydrogen) atoms. The Morgan fingerprint density at radius 2 is 1.92 bits per heavy atom. The van der Waals surface area contributed by atoms with Gasteiger partial charge in [-0.05, 0) is 38.1 Å². The largest absolute Gasteiger partial charge is 0.497 e. The number of benzene rings is 1. The standard InChI is InChI=1S/C17H26N6O2/c1-17(2,25-5)11-20-16(18-3)19-10-14-21-15(23-22-14)12-6-8-13(24-4)9-7-12/h6-9H,10-11H2,1-5H3,(H2,18,19,20)(H,21,22,23). The van der Waals surface area contributed by atoms with Gasteiger partial charge in [-0.2, -0.15) is 5.10 Å². The van der Waals surface area contributed by atoms with Gasteiger partial charge in [-0.1, -0.05) is 0 Å². The molecule has 8 nitrogen and oxygen atoms in total. The molecule has 1 aromatic heterocycles. The summed E-state index contributed by atoms with van der Waals surface area (Å²) in [5.74, 6) is 2.84. The van der Waals surface area contributed by atoms with E-state index in [0.29, 0.717) is 24.9 Å². The molecule has 0 radical (unpaired) electrons. The highest BCUT2D eigenvalue weighted by Crippen LogP contribution is 2.18. The molecular weight excluding hydrogens is 320 g/mol. The molecule has 8 heteroatoms. The van der Waals surface area contributed by atoms with Crippen LogP contribution in [0.4, 0.5) is 0 Å². The summed E-state index contributed by atoms with van der Waals surface area (Å²) in [5.41, 5.74) is 0.651. The van der Waals surface area contributed by atoms with Crippen LogP contribution >= 0.6 is 0 Å². The number of nitrogens with zero attached hydrogens (tertiary/aromatic N) is 3. The number of hydrogen-bond acceptors (Lipinski definition) is 5. The number of nitrogens with one attached hydrogen (secondary N) is 3. The Labute approximate surface area is 148 Å². The maximum absolute atomic E-state index is 5.38. The van der Waals surface area contributed by atoms with Crippen LogP contribution in [0.3, 0.4) is 0 Å². The first-order chi connectivity index (χ1) is 12.0. The van der Waals surface area contributed by atoms with Crippen LogP contribution < -0.4 is 15.4 Å². The molecular formula is C17H26N6O2. The monoisotopic (exact) mass is 346 g/mol. The van der Waals surface area contributed by atoms with E-state index in [-0.39, 0.29) is 5.60 Å². The first kappa shape index (κ1) is 18.7. The normalized spacial score (nSPS) is 12.1. The maximum Gasteiger partial charge on any atom is 0.191 e. The third-order valence-electron chi connectivity index (χ3n) is 3.76. The lowest BCUT2D eigenvalue weighted by atomic mass is 10.1. The van der Waals surface area contributed by atoms with Crippen molar-refractivity contribution in [3.8, 4) is 17.1 Å². The number of aliphatic imine (C=N–C) groups is 1. The zero-order valence-electron chi connectivity index (χ0n) is 15.4. The minimum Gasteiger partial charge on any atom is -0.497 e. The summed E-state index contributed by atoms with van der Waals surface area (Å²) in [6.07, 6.45) is 0. The van der Waals surface area contributed by atoms with Crippen molar-refractivity contribution in [1.29, 1.82) is 0 Å². The average molecular weight is 346 g/mol. The molecule has 1 heterocycles. The van der Waals surface area contributed by atoms with Crippen LogP contribution in [0.2, 0.25) is 0 Å². The van der Waals surface area contributed by atoms with Crippen molar-refractivity contribution in [2.45, 2.75) is 26.0 Å². The molecule has 3 N–H and O–H groups in total. The van der Waals surface area contributed by atoms with Crippen LogP contribution in [-0.2, 0) is 11.3 Å². The van der Waals surface area contributed by atoms with Crippen molar-refractivity contribution in [2.75, 3.05) is 27.8 Å². The van der Waals surface area contributed by atoms with E-state index < -0.39 is 0 Å². The lowest BCUT2D eigenvalue weighted by Crippen LogP contribution is -2.45. The molecule has 1 aromatic carbocycles. The number of H-pyrrole nitrogens is 1. The van der Waals surface area contributed by atoms with Crippen molar-refractivity contribution in [1.82, 2.24) is 25.8 Å². The van der Waals surface area contributed by atoms with Gasteiger partial charge in [-0.3, -0.25) is 10.1 Å². The fourth-order valence-electron chi connectivity index (χ4n) is 2.00. The highest BCUT2D eigenvalue weighted by molar-refractivity contribution is 5.79. The van der Waals surface area contributed by atoms with Gasteiger partial charge in [-0.25, -0.2) is 4.98 Å². The summed E-state index contributed by atoms with van der Waals surface area (Å²) in [5, 5.41) is 13.6. The third kappa shape index (κ3) is 5.46. The maximum atomic E-state index is 5.38. The Bertz CT molecular complexity index is 693. The number of aromatic amines is 1. The predicted molar refractivity (Wildman–Crippen MR) is 97.7 cm³/mol.